The summed E-state index contributed by atoms with van der Waals surface area (Å²) in [6.07, 6.45) is 0. The summed E-state index contributed by atoms with van der Waals surface area (Å²) in [5.74, 6) is 0.361. The van der Waals surface area contributed by atoms with Crippen molar-refractivity contribution in [1.29, 1.82) is 10.8 Å². The third-order valence-corrected chi connectivity index (χ3v) is 1.15. The van der Waals surface area contributed by atoms with Crippen molar-refractivity contribution in [2.24, 2.45) is 11.5 Å². The normalized spacial score (nSPS) is 6.80. The maximum atomic E-state index is 6.69. The largest absolute Gasteiger partial charge is 0.387 e. The Balaban J connectivity index is -0.000000245. The molecule has 0 fully saturated rings. The highest BCUT2D eigenvalue weighted by Gasteiger charge is 1.90. The molecule has 0 aromatic heterocycles. The van der Waals surface area contributed by atoms with E-state index in [2.05, 4.69) is 0 Å². The molecule has 0 aromatic rings. The van der Waals surface area contributed by atoms with Gasteiger partial charge in [0.25, 0.3) is 0 Å². The minimum absolute atomic E-state index is 0. The summed E-state index contributed by atoms with van der Waals surface area (Å²) >= 11 is 1.05. The number of halogens is 2. The lowest BCUT2D eigenvalue weighted by atomic mass is 10.7. The van der Waals surface area contributed by atoms with Gasteiger partial charge in [0.05, 0.1) is 5.75 Å². The van der Waals surface area contributed by atoms with Gasteiger partial charge >= 0.3 is 0 Å². The van der Waals surface area contributed by atoms with E-state index in [4.69, 9.17) is 22.3 Å². The summed E-state index contributed by atoms with van der Waals surface area (Å²) in [6, 6.07) is 0. The maximum absolute atomic E-state index is 6.69. The Morgan fingerprint density at radius 2 is 1.60 bits per heavy atom. The molecule has 4 nitrogen and oxygen atoms in total. The Morgan fingerprint density at radius 3 is 1.70 bits per heavy atom. The van der Waals surface area contributed by atoms with Crippen molar-refractivity contribution >= 4 is 47.6 Å². The Kier molecular flexibility index (Phi) is 14.6. The van der Waals surface area contributed by atoms with Crippen LogP contribution in [-0.2, 0) is 0 Å². The highest BCUT2D eigenvalue weighted by atomic mass is 35.5. The number of hydrogen-bond donors (Lipinski definition) is 4. The first kappa shape index (κ1) is 16.5. The summed E-state index contributed by atoms with van der Waals surface area (Å²) in [5, 5.41) is 13.4. The Hall–Kier alpha value is -0.130. The monoisotopic (exact) mass is 204 g/mol. The van der Waals surface area contributed by atoms with Gasteiger partial charge in [-0.3, -0.25) is 10.8 Å². The van der Waals surface area contributed by atoms with Gasteiger partial charge in [-0.15, -0.1) is 24.8 Å². The van der Waals surface area contributed by atoms with Gasteiger partial charge in [-0.05, 0) is 0 Å². The van der Waals surface area contributed by atoms with E-state index in [1.54, 1.807) is 0 Å². The molecule has 0 amide bonds. The van der Waals surface area contributed by atoms with Gasteiger partial charge in [-0.1, -0.05) is 11.8 Å². The molecule has 0 aromatic carbocycles. The standard InChI is InChI=1S/C3H8N4S.2ClH/c4-2(5)1-8-3(6)7;;/h1H2,(H3,4,5)(H3,6,7);2*1H. The number of thioether (sulfide) groups is 1. The van der Waals surface area contributed by atoms with E-state index in [1.165, 1.54) is 0 Å². The predicted octanol–water partition coefficient (Wildman–Crippen LogP) is 0.393. The average Bonchev–Trinajstić information content (AvgIpc) is 1.61. The Morgan fingerprint density at radius 1 is 1.20 bits per heavy atom. The molecular formula is C3H10Cl2N4S. The SMILES string of the molecule is Cl.Cl.N=C(N)CSC(=N)N. The van der Waals surface area contributed by atoms with E-state index in [0.717, 1.165) is 11.8 Å². The van der Waals surface area contributed by atoms with Crippen molar-refractivity contribution in [2.75, 3.05) is 5.75 Å². The molecule has 0 rings (SSSR count). The van der Waals surface area contributed by atoms with Crippen molar-refractivity contribution in [1.82, 2.24) is 0 Å². The average molecular weight is 205 g/mol. The van der Waals surface area contributed by atoms with Gasteiger partial charge in [0.1, 0.15) is 5.84 Å². The van der Waals surface area contributed by atoms with Crippen molar-refractivity contribution < 1.29 is 0 Å². The molecule has 0 aliphatic rings. The van der Waals surface area contributed by atoms with Crippen LogP contribution >= 0.6 is 36.6 Å². The highest BCUT2D eigenvalue weighted by Crippen LogP contribution is 1.94. The summed E-state index contributed by atoms with van der Waals surface area (Å²) in [7, 11) is 0. The second-order valence-corrected chi connectivity index (χ2v) is 2.20. The zero-order valence-electron chi connectivity index (χ0n) is 5.09. The molecule has 7 heteroatoms. The first-order valence-corrected chi connectivity index (χ1v) is 2.91. The van der Waals surface area contributed by atoms with Gasteiger partial charge in [0.2, 0.25) is 0 Å². The second kappa shape index (κ2) is 8.87. The van der Waals surface area contributed by atoms with Gasteiger partial charge in [-0.25, -0.2) is 0 Å². The second-order valence-electron chi connectivity index (χ2n) is 1.18. The fourth-order valence-electron chi connectivity index (χ4n) is 0.156. The van der Waals surface area contributed by atoms with E-state index in [1.807, 2.05) is 0 Å². The fraction of sp³-hybridized carbons (Fsp3) is 0.333. The van der Waals surface area contributed by atoms with Gasteiger partial charge in [-0.2, -0.15) is 0 Å². The van der Waals surface area contributed by atoms with Crippen LogP contribution in [0.1, 0.15) is 0 Å². The minimum atomic E-state index is 0. The molecule has 0 saturated heterocycles. The van der Waals surface area contributed by atoms with Crippen molar-refractivity contribution in [3.05, 3.63) is 0 Å². The molecule has 0 aliphatic heterocycles. The van der Waals surface area contributed by atoms with E-state index < -0.39 is 0 Å². The molecule has 0 atom stereocenters. The fourth-order valence-corrected chi connectivity index (χ4v) is 0.467. The van der Waals surface area contributed by atoms with Crippen LogP contribution < -0.4 is 11.5 Å². The summed E-state index contributed by atoms with van der Waals surface area (Å²) < 4.78 is 0. The quantitative estimate of drug-likeness (QED) is 0.387. The lowest BCUT2D eigenvalue weighted by Gasteiger charge is -1.92. The smallest absolute Gasteiger partial charge is 0.151 e. The summed E-state index contributed by atoms with van der Waals surface area (Å²) in [6.45, 7) is 0. The molecule has 0 saturated carbocycles. The van der Waals surface area contributed by atoms with Crippen molar-refractivity contribution in [3.8, 4) is 0 Å². The van der Waals surface area contributed by atoms with Crippen molar-refractivity contribution in [2.45, 2.75) is 0 Å². The predicted molar refractivity (Wildman–Crippen MR) is 50.8 cm³/mol. The van der Waals surface area contributed by atoms with Crippen molar-refractivity contribution in [3.63, 3.8) is 0 Å². The zero-order chi connectivity index (χ0) is 6.57. The van der Waals surface area contributed by atoms with E-state index in [9.17, 15) is 0 Å². The highest BCUT2D eigenvalue weighted by molar-refractivity contribution is 8.14. The molecule has 62 valence electrons. The molecule has 0 unspecified atom stereocenters. The van der Waals surface area contributed by atoms with Crippen LogP contribution in [0.25, 0.3) is 0 Å². The molecule has 0 bridgehead atoms. The van der Waals surface area contributed by atoms with Crippen LogP contribution in [0.4, 0.5) is 0 Å². The molecule has 0 radical (unpaired) electrons. The van der Waals surface area contributed by atoms with Crippen LogP contribution in [-0.4, -0.2) is 16.8 Å². The molecule has 0 spiro atoms. The molecule has 0 heterocycles. The van der Waals surface area contributed by atoms with Crippen LogP contribution in [0.3, 0.4) is 0 Å². The molecule has 10 heavy (non-hydrogen) atoms. The zero-order valence-corrected chi connectivity index (χ0v) is 7.54. The Bertz CT molecular complexity index is 103. The molecule has 6 N–H and O–H groups in total. The van der Waals surface area contributed by atoms with Crippen LogP contribution in [0.15, 0.2) is 0 Å². The van der Waals surface area contributed by atoms with Crippen LogP contribution in [0, 0.1) is 10.8 Å². The van der Waals surface area contributed by atoms with Crippen LogP contribution in [0.5, 0.6) is 0 Å². The number of nitrogens with two attached hydrogens (primary N) is 2. The number of nitrogens with one attached hydrogen (secondary N) is 2. The van der Waals surface area contributed by atoms with Gasteiger partial charge < -0.3 is 11.5 Å². The topological polar surface area (TPSA) is 99.7 Å². The number of amidine groups is 2. The summed E-state index contributed by atoms with van der Waals surface area (Å²) in [5.41, 5.74) is 9.89. The number of hydrogen-bond acceptors (Lipinski definition) is 3. The number of rotatable bonds is 2. The summed E-state index contributed by atoms with van der Waals surface area (Å²) in [4.78, 5) is 0. The third kappa shape index (κ3) is 15.7. The van der Waals surface area contributed by atoms with E-state index in [-0.39, 0.29) is 35.8 Å². The third-order valence-electron chi connectivity index (χ3n) is 0.383. The van der Waals surface area contributed by atoms with Gasteiger partial charge in [0.15, 0.2) is 5.17 Å². The lowest BCUT2D eigenvalue weighted by Crippen LogP contribution is -2.15. The van der Waals surface area contributed by atoms with E-state index >= 15 is 0 Å². The minimum Gasteiger partial charge on any atom is -0.387 e. The van der Waals surface area contributed by atoms with Gasteiger partial charge in [0, 0.05) is 0 Å². The molecule has 0 aliphatic carbocycles. The molecular weight excluding hydrogens is 195 g/mol. The Labute approximate surface area is 75.9 Å². The lowest BCUT2D eigenvalue weighted by molar-refractivity contribution is 1.43. The first-order valence-electron chi connectivity index (χ1n) is 1.92. The van der Waals surface area contributed by atoms with E-state index in [0.29, 0.717) is 5.75 Å². The first-order chi connectivity index (χ1) is 3.63. The maximum Gasteiger partial charge on any atom is 0.151 e. The van der Waals surface area contributed by atoms with Crippen LogP contribution in [0.2, 0.25) is 0 Å².